The Morgan fingerprint density at radius 1 is 0.355 bits per heavy atom. The lowest BCUT2D eigenvalue weighted by atomic mass is 10.1. The summed E-state index contributed by atoms with van der Waals surface area (Å²) >= 11 is 1.73. The second-order valence-corrected chi connectivity index (χ2v) is 15.5. The van der Waals surface area contributed by atoms with Gasteiger partial charge in [0.1, 0.15) is 0 Å². The first-order chi connectivity index (χ1) is 34.9. The van der Waals surface area contributed by atoms with Crippen LogP contribution in [0.1, 0.15) is 13.7 Å². The molecule has 12 aromatic rings. The minimum Gasteiger partial charge on any atom is -0.308 e. The highest BCUT2D eigenvalue weighted by atomic mass is 32.1. The summed E-state index contributed by atoms with van der Waals surface area (Å²) in [7, 11) is 0. The molecule has 8 aromatic carbocycles. The molecule has 0 aliphatic carbocycles. The van der Waals surface area contributed by atoms with E-state index < -0.39 is 60.4 Å². The van der Waals surface area contributed by atoms with Gasteiger partial charge in [0.25, 0.3) is 0 Å². The summed E-state index contributed by atoms with van der Waals surface area (Å²) in [4.78, 5) is 29.4. The van der Waals surface area contributed by atoms with Crippen LogP contribution in [-0.4, -0.2) is 34.5 Å². The first-order valence-electron chi connectivity index (χ1n) is 24.6. The van der Waals surface area contributed by atoms with Crippen LogP contribution in [0.25, 0.3) is 116 Å². The van der Waals surface area contributed by atoms with Crippen LogP contribution in [0.3, 0.4) is 0 Å². The predicted octanol–water partition coefficient (Wildman–Crippen LogP) is 13.5. The number of benzene rings is 8. The second-order valence-electron chi connectivity index (χ2n) is 14.4. The lowest BCUT2D eigenvalue weighted by Gasteiger charge is -2.16. The Kier molecular flexibility index (Phi) is 6.40. The van der Waals surface area contributed by atoms with Gasteiger partial charge in [-0.05, 0) is 42.5 Å². The molecule has 0 radical (unpaired) electrons. The molecule has 0 atom stereocenters. The molecule has 290 valence electrons. The third-order valence-corrected chi connectivity index (χ3v) is 11.8. The van der Waals surface area contributed by atoms with Crippen molar-refractivity contribution in [2.75, 3.05) is 0 Å². The van der Waals surface area contributed by atoms with E-state index in [4.69, 9.17) is 38.6 Å². The van der Waals surface area contributed by atoms with E-state index in [1.165, 1.54) is 0 Å². The van der Waals surface area contributed by atoms with Gasteiger partial charge in [0.2, 0.25) is 0 Å². The zero-order valence-corrected chi connectivity index (χ0v) is 33.1. The van der Waals surface area contributed by atoms with Crippen LogP contribution in [0.2, 0.25) is 0 Å². The number of aromatic nitrogens is 7. The molecule has 0 bridgehead atoms. The predicted molar refractivity (Wildman–Crippen MR) is 253 cm³/mol. The van der Waals surface area contributed by atoms with Gasteiger partial charge >= 0.3 is 0 Å². The first kappa shape index (κ1) is 26.8. The summed E-state index contributed by atoms with van der Waals surface area (Å²) < 4.78 is 90.7. The van der Waals surface area contributed by atoms with Crippen LogP contribution in [0.5, 0.6) is 0 Å². The quantitative estimate of drug-likeness (QED) is 0.159. The Bertz CT molecular complexity index is 4040. The molecule has 0 spiro atoms. The SMILES string of the molecule is [2H]c1c([2H])c([2H])c(-c2nc(-c3ccc(-n4c5ccccc5c5cc6sc7ccccc7c6cc54)c(-c4nc(-c5ccccc5)nc(-c5ccccc5)n4)c3)nc(-c3c([2H])c([2H])c([2H])c([2H])c3[2H])n2)c([2H])c1[2H]. The largest absolute Gasteiger partial charge is 0.308 e. The molecule has 4 heterocycles. The van der Waals surface area contributed by atoms with E-state index in [-0.39, 0.29) is 34.4 Å². The molecule has 7 nitrogen and oxygen atoms in total. The normalized spacial score (nSPS) is 13.8. The van der Waals surface area contributed by atoms with E-state index in [1.54, 1.807) is 23.5 Å². The zero-order valence-electron chi connectivity index (χ0n) is 42.3. The molecule has 8 heteroatoms. The van der Waals surface area contributed by atoms with Gasteiger partial charge in [-0.3, -0.25) is 0 Å². The summed E-state index contributed by atoms with van der Waals surface area (Å²) in [5.74, 6) is 0.218. The summed E-state index contributed by atoms with van der Waals surface area (Å²) in [5, 5.41) is 4.25. The molecule has 0 saturated carbocycles. The molecule has 0 N–H and O–H groups in total. The highest BCUT2D eigenvalue weighted by molar-refractivity contribution is 7.25. The molecule has 0 aliphatic rings. The van der Waals surface area contributed by atoms with Gasteiger partial charge in [0, 0.05) is 64.3 Å². The van der Waals surface area contributed by atoms with Crippen molar-refractivity contribution in [3.05, 3.63) is 200 Å². The Hall–Kier alpha value is -8.20. The number of rotatable bonds is 7. The van der Waals surface area contributed by atoms with Crippen molar-refractivity contribution in [2.45, 2.75) is 0 Å². The van der Waals surface area contributed by atoms with Gasteiger partial charge in [-0.25, -0.2) is 29.9 Å². The smallest absolute Gasteiger partial charge is 0.166 e. The molecule has 12 rings (SSSR count). The van der Waals surface area contributed by atoms with Gasteiger partial charge < -0.3 is 4.57 Å². The van der Waals surface area contributed by atoms with Gasteiger partial charge in [-0.2, -0.15) is 0 Å². The molecule has 0 aliphatic heterocycles. The Balaban J connectivity index is 1.19. The molecular weight excluding hydrogens is 779 g/mol. The van der Waals surface area contributed by atoms with Crippen LogP contribution >= 0.6 is 11.3 Å². The lowest BCUT2D eigenvalue weighted by Crippen LogP contribution is -2.05. The number of nitrogens with zero attached hydrogens (tertiary/aromatic N) is 7. The van der Waals surface area contributed by atoms with Crippen LogP contribution in [0, 0.1) is 0 Å². The Morgan fingerprint density at radius 2 is 0.871 bits per heavy atom. The average Bonchev–Trinajstić information content (AvgIpc) is 3.95. The Morgan fingerprint density at radius 3 is 1.50 bits per heavy atom. The number of hydrogen-bond acceptors (Lipinski definition) is 7. The van der Waals surface area contributed by atoms with Crippen molar-refractivity contribution >= 4 is 53.3 Å². The van der Waals surface area contributed by atoms with Crippen LogP contribution in [-0.2, 0) is 0 Å². The van der Waals surface area contributed by atoms with Crippen molar-refractivity contribution in [1.82, 2.24) is 34.5 Å². The maximum atomic E-state index is 8.90. The fourth-order valence-electron chi connectivity index (χ4n) is 7.88. The summed E-state index contributed by atoms with van der Waals surface area (Å²) in [6.07, 6.45) is 0. The monoisotopic (exact) mass is 821 g/mol. The van der Waals surface area contributed by atoms with Crippen molar-refractivity contribution < 1.29 is 13.7 Å². The van der Waals surface area contributed by atoms with E-state index in [0.29, 0.717) is 28.5 Å². The van der Waals surface area contributed by atoms with Crippen LogP contribution < -0.4 is 0 Å². The van der Waals surface area contributed by atoms with Crippen LogP contribution in [0.15, 0.2) is 200 Å². The molecule has 0 unspecified atom stereocenters. The fourth-order valence-corrected chi connectivity index (χ4v) is 9.00. The minimum atomic E-state index is -0.638. The van der Waals surface area contributed by atoms with E-state index in [9.17, 15) is 0 Å². The standard InChI is InChI=1S/C54H33N7S/c1-5-17-34(18-6-1)49-55-50(35-19-7-2-8-20-35)58-53(57-49)38-29-30-45(43(31-38)54-59-51(36-21-9-3-10-22-36)56-52(60-54)37-23-11-4-12-24-37)61-44-27-15-13-25-39(44)41-33-48-42(32-46(41)61)40-26-14-16-28-47(40)62-48/h1-33H/i1D,2D,5D,6D,7D,8D,17D,18D,19D,20D. The van der Waals surface area contributed by atoms with E-state index >= 15 is 0 Å². The van der Waals surface area contributed by atoms with Gasteiger partial charge in [-0.1, -0.05) is 157 Å². The third-order valence-electron chi connectivity index (χ3n) is 10.7. The van der Waals surface area contributed by atoms with Gasteiger partial charge in [0.05, 0.1) is 30.4 Å². The second kappa shape index (κ2) is 14.8. The maximum Gasteiger partial charge on any atom is 0.166 e. The molecule has 0 saturated heterocycles. The van der Waals surface area contributed by atoms with Crippen molar-refractivity contribution in [1.29, 1.82) is 0 Å². The number of fused-ring (bicyclic) bond motifs is 6. The molecule has 4 aromatic heterocycles. The number of thiophene rings is 1. The summed E-state index contributed by atoms with van der Waals surface area (Å²) in [6.45, 7) is 0. The molecule has 0 fully saturated rings. The number of hydrogen-bond donors (Lipinski definition) is 0. The third kappa shape index (κ3) is 6.20. The Labute approximate surface area is 374 Å². The van der Waals surface area contributed by atoms with Gasteiger partial charge in [-0.15, -0.1) is 11.3 Å². The highest BCUT2D eigenvalue weighted by Crippen LogP contribution is 2.43. The number of para-hydroxylation sites is 1. The first-order valence-corrected chi connectivity index (χ1v) is 20.4. The molecular formula is C54H33N7S. The topological polar surface area (TPSA) is 82.3 Å². The van der Waals surface area contributed by atoms with Crippen molar-refractivity contribution in [2.24, 2.45) is 0 Å². The van der Waals surface area contributed by atoms with E-state index in [0.717, 1.165) is 53.1 Å². The van der Waals surface area contributed by atoms with E-state index in [1.807, 2.05) is 91.0 Å². The summed E-state index contributed by atoms with van der Waals surface area (Å²) in [5.41, 5.74) is 4.02. The molecule has 0 amide bonds. The summed E-state index contributed by atoms with van der Waals surface area (Å²) in [6, 6.07) is 39.2. The fraction of sp³-hybridized carbons (Fsp3) is 0. The minimum absolute atomic E-state index is 0.101. The van der Waals surface area contributed by atoms with Crippen molar-refractivity contribution in [3.8, 4) is 74.0 Å². The lowest BCUT2D eigenvalue weighted by molar-refractivity contribution is 1.06. The van der Waals surface area contributed by atoms with Crippen molar-refractivity contribution in [3.63, 3.8) is 0 Å². The maximum absolute atomic E-state index is 8.90. The van der Waals surface area contributed by atoms with Crippen LogP contribution in [0.4, 0.5) is 0 Å². The highest BCUT2D eigenvalue weighted by Gasteiger charge is 2.23. The molecule has 62 heavy (non-hydrogen) atoms. The average molecular weight is 822 g/mol. The van der Waals surface area contributed by atoms with Gasteiger partial charge in [0.15, 0.2) is 34.9 Å². The van der Waals surface area contributed by atoms with E-state index in [2.05, 4.69) is 45.9 Å². The zero-order chi connectivity index (χ0) is 49.7.